The Morgan fingerprint density at radius 3 is 2.50 bits per heavy atom. The minimum atomic E-state index is -3.85. The molecule has 0 radical (unpaired) electrons. The highest BCUT2D eigenvalue weighted by molar-refractivity contribution is 7.94. The van der Waals surface area contributed by atoms with Gasteiger partial charge in [0.1, 0.15) is 23.6 Å². The third-order valence-corrected chi connectivity index (χ3v) is 9.63. The minimum Gasteiger partial charge on any atom is -0.355 e. The van der Waals surface area contributed by atoms with Crippen LogP contribution in [-0.2, 0) is 26.4 Å². The van der Waals surface area contributed by atoms with Gasteiger partial charge in [-0.2, -0.15) is 0 Å². The smallest absolute Gasteiger partial charge is 0.232 e. The largest absolute Gasteiger partial charge is 0.355 e. The lowest BCUT2D eigenvalue weighted by Crippen LogP contribution is -2.18. The van der Waals surface area contributed by atoms with Gasteiger partial charge in [0.2, 0.25) is 10.0 Å². The van der Waals surface area contributed by atoms with Crippen LogP contribution in [0.2, 0.25) is 0 Å². The lowest BCUT2D eigenvalue weighted by Gasteiger charge is -2.19. The Labute approximate surface area is 253 Å². The van der Waals surface area contributed by atoms with Crippen molar-refractivity contribution in [1.82, 2.24) is 19.5 Å². The minimum absolute atomic E-state index is 0.119. The van der Waals surface area contributed by atoms with Crippen molar-refractivity contribution >= 4 is 42.4 Å². The molecule has 0 aliphatic heterocycles. The van der Waals surface area contributed by atoms with Gasteiger partial charge in [-0.05, 0) is 48.4 Å². The molecular weight excluding hydrogens is 610 g/mol. The summed E-state index contributed by atoms with van der Waals surface area (Å²) in [5.41, 5.74) is 1.56. The summed E-state index contributed by atoms with van der Waals surface area (Å²) in [5.74, 6) is -1.73. The molecule has 44 heavy (non-hydrogen) atoms. The Morgan fingerprint density at radius 2 is 1.80 bits per heavy atom. The maximum absolute atomic E-state index is 15.8. The third-order valence-electron chi connectivity index (χ3n) is 6.81. The van der Waals surface area contributed by atoms with Crippen LogP contribution in [0.5, 0.6) is 0 Å². The van der Waals surface area contributed by atoms with Gasteiger partial charge in [0.15, 0.2) is 15.7 Å². The number of hydrogen-bond donors (Lipinski definition) is 1. The molecule has 1 N–H and O–H groups in total. The van der Waals surface area contributed by atoms with E-state index < -0.39 is 37.2 Å². The van der Waals surface area contributed by atoms with E-state index in [0.29, 0.717) is 46.5 Å². The molecule has 0 saturated heterocycles. The average Bonchev–Trinajstić information content (AvgIpc) is 3.37. The zero-order valence-electron chi connectivity index (χ0n) is 23.8. The molecule has 10 nitrogen and oxygen atoms in total. The Hall–Kier alpha value is -4.69. The Balaban J connectivity index is 1.61. The van der Waals surface area contributed by atoms with Gasteiger partial charge in [-0.25, -0.2) is 40.6 Å². The molecule has 0 fully saturated rings. The first kappa shape index (κ1) is 30.8. The molecule has 0 spiro atoms. The number of pyridine rings is 1. The Kier molecular flexibility index (Phi) is 8.48. The number of sulfonamides is 1. The number of nitrogens with zero attached hydrogens (tertiary/aromatic N) is 5. The van der Waals surface area contributed by atoms with Crippen molar-refractivity contribution in [3.8, 4) is 16.8 Å². The number of fused-ring (bicyclic) bond motifs is 1. The molecule has 0 aliphatic carbocycles. The topological polar surface area (TPSA) is 127 Å². The van der Waals surface area contributed by atoms with Crippen molar-refractivity contribution in [1.29, 1.82) is 0 Å². The van der Waals surface area contributed by atoms with Crippen molar-refractivity contribution in [3.63, 3.8) is 0 Å². The lowest BCUT2D eigenvalue weighted by molar-refractivity contribution is 0.572. The molecule has 5 rings (SSSR count). The van der Waals surface area contributed by atoms with Crippen LogP contribution in [-0.4, -0.2) is 49.2 Å². The SMILES string of the molecule is C=CS(=O)(=O)c1cccc(CN(C)c2ccc3c(n2)c(-c2cncnc2)cn3-c2c(F)ccc(NS(=O)(=O)CCC)c2F)c1. The maximum atomic E-state index is 15.8. The predicted octanol–water partition coefficient (Wildman–Crippen LogP) is 5.47. The number of halogens is 2. The molecule has 0 bridgehead atoms. The number of anilines is 2. The summed E-state index contributed by atoms with van der Waals surface area (Å²) < 4.78 is 83.9. The van der Waals surface area contributed by atoms with E-state index in [-0.39, 0.29) is 16.3 Å². The van der Waals surface area contributed by atoms with Crippen molar-refractivity contribution in [2.75, 3.05) is 22.4 Å². The zero-order valence-corrected chi connectivity index (χ0v) is 25.4. The van der Waals surface area contributed by atoms with Crippen LogP contribution in [0.1, 0.15) is 18.9 Å². The van der Waals surface area contributed by atoms with Gasteiger partial charge >= 0.3 is 0 Å². The van der Waals surface area contributed by atoms with E-state index in [2.05, 4.69) is 21.3 Å². The molecule has 0 unspecified atom stereocenters. The van der Waals surface area contributed by atoms with Crippen LogP contribution in [0.15, 0.2) is 90.3 Å². The summed E-state index contributed by atoms with van der Waals surface area (Å²) in [5, 5.41) is 0.895. The first-order valence-corrected chi connectivity index (χ1v) is 16.6. The fourth-order valence-corrected chi connectivity index (χ4v) is 6.65. The summed E-state index contributed by atoms with van der Waals surface area (Å²) in [6.07, 6.45) is 6.24. The number of benzene rings is 2. The molecule has 0 aliphatic rings. The van der Waals surface area contributed by atoms with Crippen LogP contribution in [0.25, 0.3) is 27.8 Å². The van der Waals surface area contributed by atoms with Gasteiger partial charge in [0, 0.05) is 48.7 Å². The van der Waals surface area contributed by atoms with Gasteiger partial charge in [0.25, 0.3) is 0 Å². The van der Waals surface area contributed by atoms with Gasteiger partial charge in [-0.15, -0.1) is 0 Å². The fraction of sp³-hybridized carbons (Fsp3) is 0.167. The van der Waals surface area contributed by atoms with Gasteiger partial charge in [-0.1, -0.05) is 25.6 Å². The van der Waals surface area contributed by atoms with Gasteiger partial charge < -0.3 is 9.47 Å². The second kappa shape index (κ2) is 12.1. The Morgan fingerprint density at radius 1 is 1.05 bits per heavy atom. The second-order valence-electron chi connectivity index (χ2n) is 9.97. The summed E-state index contributed by atoms with van der Waals surface area (Å²) in [6.45, 7) is 5.35. The standard InChI is InChI=1S/C30H28F2N6O4S2/c1-4-13-44(41,42)36-25-10-9-24(31)30(28(25)32)38-18-23(21-15-33-19-34-16-21)29-26(38)11-12-27(35-29)37(3)17-20-7-6-8-22(14-20)43(39,40)5-2/h5-12,14-16,18-19,36H,2,4,13,17H2,1,3H3. The van der Waals surface area contributed by atoms with Gasteiger partial charge in [0.05, 0.1) is 27.4 Å². The van der Waals surface area contributed by atoms with Gasteiger partial charge in [-0.3, -0.25) is 4.72 Å². The van der Waals surface area contributed by atoms with Crippen LogP contribution in [0.4, 0.5) is 20.3 Å². The molecule has 3 aromatic heterocycles. The van der Waals surface area contributed by atoms with Crippen molar-refractivity contribution in [2.24, 2.45) is 0 Å². The molecular formula is C30H28F2N6O4S2. The molecule has 228 valence electrons. The zero-order chi connectivity index (χ0) is 31.6. The predicted molar refractivity (Wildman–Crippen MR) is 166 cm³/mol. The van der Waals surface area contributed by atoms with E-state index in [4.69, 9.17) is 4.98 Å². The first-order chi connectivity index (χ1) is 20.9. The summed E-state index contributed by atoms with van der Waals surface area (Å²) in [4.78, 5) is 14.9. The third kappa shape index (κ3) is 6.17. The normalized spacial score (nSPS) is 11.9. The highest BCUT2D eigenvalue weighted by Gasteiger charge is 2.23. The number of rotatable bonds is 11. The number of nitrogens with one attached hydrogen (secondary N) is 1. The van der Waals surface area contributed by atoms with Crippen LogP contribution >= 0.6 is 0 Å². The second-order valence-corrected chi connectivity index (χ2v) is 13.7. The first-order valence-electron chi connectivity index (χ1n) is 13.4. The molecule has 14 heteroatoms. The van der Waals surface area contributed by atoms with Crippen LogP contribution in [0, 0.1) is 11.6 Å². The van der Waals surface area contributed by atoms with Crippen molar-refractivity contribution in [2.45, 2.75) is 24.8 Å². The van der Waals surface area contributed by atoms with Crippen molar-refractivity contribution in [3.05, 3.63) is 103 Å². The van der Waals surface area contributed by atoms with E-state index in [1.807, 2.05) is 0 Å². The number of aromatic nitrogens is 4. The highest BCUT2D eigenvalue weighted by atomic mass is 32.2. The molecule has 2 aromatic carbocycles. The van der Waals surface area contributed by atoms with Crippen LogP contribution in [0.3, 0.4) is 0 Å². The quantitative estimate of drug-likeness (QED) is 0.202. The Bertz CT molecular complexity index is 2090. The monoisotopic (exact) mass is 638 g/mol. The number of hydrogen-bond acceptors (Lipinski definition) is 8. The molecule has 0 saturated carbocycles. The average molecular weight is 639 g/mol. The molecule has 0 atom stereocenters. The maximum Gasteiger partial charge on any atom is 0.232 e. The van der Waals surface area contributed by atoms with Crippen molar-refractivity contribution < 1.29 is 25.6 Å². The molecule has 3 heterocycles. The van der Waals surface area contributed by atoms with E-state index in [9.17, 15) is 16.8 Å². The van der Waals surface area contributed by atoms with Crippen LogP contribution < -0.4 is 9.62 Å². The van der Waals surface area contributed by atoms with E-state index in [1.165, 1.54) is 35.6 Å². The molecule has 0 amide bonds. The number of sulfone groups is 1. The fourth-order valence-electron chi connectivity index (χ4n) is 4.74. The van der Waals surface area contributed by atoms with E-state index >= 15 is 8.78 Å². The van der Waals surface area contributed by atoms with E-state index in [0.717, 1.165) is 17.5 Å². The summed E-state index contributed by atoms with van der Waals surface area (Å²) in [6, 6.07) is 11.8. The highest BCUT2D eigenvalue weighted by Crippen LogP contribution is 2.35. The summed E-state index contributed by atoms with van der Waals surface area (Å²) in [7, 11) is -5.69. The summed E-state index contributed by atoms with van der Waals surface area (Å²) >= 11 is 0. The molecule has 5 aromatic rings. The lowest BCUT2D eigenvalue weighted by atomic mass is 10.1. The van der Waals surface area contributed by atoms with E-state index in [1.54, 1.807) is 49.2 Å².